The number of nitrogens with zero attached hydrogens (tertiary/aromatic N) is 3. The highest BCUT2D eigenvalue weighted by Crippen LogP contribution is 2.14. The van der Waals surface area contributed by atoms with E-state index in [2.05, 4.69) is 5.32 Å². The molecule has 0 amide bonds. The van der Waals surface area contributed by atoms with Crippen molar-refractivity contribution in [2.75, 3.05) is 19.8 Å². The minimum Gasteiger partial charge on any atom is -0.357 e. The monoisotopic (exact) mass is 538 g/mol. The molecular formula is C19H28ClIN4O2S. The Bertz CT molecular complexity index is 895. The van der Waals surface area contributed by atoms with Crippen molar-refractivity contribution in [2.24, 2.45) is 12.0 Å². The summed E-state index contributed by atoms with van der Waals surface area (Å²) in [5.74, 6) is 0.858. The quantitative estimate of drug-likeness (QED) is 0.333. The lowest BCUT2D eigenvalue weighted by atomic mass is 10.1. The zero-order valence-electron chi connectivity index (χ0n) is 16.6. The van der Waals surface area contributed by atoms with Crippen LogP contribution in [0, 0.1) is 0 Å². The summed E-state index contributed by atoms with van der Waals surface area (Å²) in [6, 6.07) is 9.47. The number of halogens is 2. The van der Waals surface area contributed by atoms with Gasteiger partial charge in [-0.25, -0.2) is 13.4 Å². The summed E-state index contributed by atoms with van der Waals surface area (Å²) in [6.07, 6.45) is 3.12. The largest absolute Gasteiger partial charge is 0.357 e. The molecule has 1 heterocycles. The molecule has 1 aromatic carbocycles. The number of hydrogen-bond acceptors (Lipinski definition) is 3. The predicted molar refractivity (Wildman–Crippen MR) is 127 cm³/mol. The van der Waals surface area contributed by atoms with Crippen LogP contribution in [0.4, 0.5) is 0 Å². The Labute approximate surface area is 189 Å². The van der Waals surface area contributed by atoms with Gasteiger partial charge in [-0.1, -0.05) is 35.9 Å². The molecule has 0 bridgehead atoms. The highest BCUT2D eigenvalue weighted by atomic mass is 127. The molecule has 0 unspecified atom stereocenters. The Morgan fingerprint density at radius 2 is 1.86 bits per heavy atom. The molecule has 6 nitrogen and oxygen atoms in total. The maximum absolute atomic E-state index is 11.4. The highest BCUT2D eigenvalue weighted by Gasteiger charge is 2.10. The number of benzene rings is 1. The second-order valence-corrected chi connectivity index (χ2v) is 9.25. The molecule has 28 heavy (non-hydrogen) atoms. The number of guanidine groups is 1. The lowest BCUT2D eigenvalue weighted by molar-refractivity contribution is 0.462. The molecule has 1 N–H and O–H groups in total. The van der Waals surface area contributed by atoms with Gasteiger partial charge in [0.2, 0.25) is 0 Å². The highest BCUT2D eigenvalue weighted by molar-refractivity contribution is 14.0. The third-order valence-electron chi connectivity index (χ3n) is 4.03. The number of aliphatic imine (C=N–C) groups is 1. The van der Waals surface area contributed by atoms with Gasteiger partial charge >= 0.3 is 0 Å². The number of aryl methyl sites for hydroxylation is 1. The van der Waals surface area contributed by atoms with Crippen LogP contribution >= 0.6 is 35.6 Å². The first kappa shape index (κ1) is 24.8. The van der Waals surface area contributed by atoms with Gasteiger partial charge in [0.05, 0.1) is 23.9 Å². The summed E-state index contributed by atoms with van der Waals surface area (Å²) in [4.78, 5) is 6.74. The van der Waals surface area contributed by atoms with E-state index >= 15 is 0 Å². The zero-order chi connectivity index (χ0) is 20.0. The van der Waals surface area contributed by atoms with Crippen molar-refractivity contribution >= 4 is 51.4 Å². The van der Waals surface area contributed by atoms with E-state index in [1.165, 1.54) is 6.26 Å². The second-order valence-electron chi connectivity index (χ2n) is 6.67. The van der Waals surface area contributed by atoms with Gasteiger partial charge in [-0.15, -0.1) is 24.0 Å². The molecule has 0 saturated heterocycles. The average Bonchev–Trinajstić information content (AvgIpc) is 2.88. The SMILES string of the molecule is CCNC(=NCc1ccc(CS(C)(=O)=O)cc1)N(C)Cc1cc(Cl)cn1C.I. The van der Waals surface area contributed by atoms with Crippen LogP contribution in [-0.4, -0.2) is 43.7 Å². The van der Waals surface area contributed by atoms with Crippen LogP contribution in [0.3, 0.4) is 0 Å². The van der Waals surface area contributed by atoms with Crippen LogP contribution in [0.5, 0.6) is 0 Å². The fourth-order valence-corrected chi connectivity index (χ4v) is 3.79. The van der Waals surface area contributed by atoms with Crippen LogP contribution in [0.1, 0.15) is 23.7 Å². The zero-order valence-corrected chi connectivity index (χ0v) is 20.5. The second kappa shape index (κ2) is 11.1. The molecule has 9 heteroatoms. The molecule has 0 radical (unpaired) electrons. The first-order valence-electron chi connectivity index (χ1n) is 8.73. The number of hydrogen-bond donors (Lipinski definition) is 1. The van der Waals surface area contributed by atoms with E-state index in [0.29, 0.717) is 13.1 Å². The fourth-order valence-electron chi connectivity index (χ4n) is 2.72. The molecule has 0 aliphatic rings. The lowest BCUT2D eigenvalue weighted by Gasteiger charge is -2.22. The molecule has 0 atom stereocenters. The average molecular weight is 539 g/mol. The number of sulfone groups is 1. The van der Waals surface area contributed by atoms with Gasteiger partial charge in [0, 0.05) is 38.8 Å². The molecule has 0 aliphatic carbocycles. The molecule has 0 saturated carbocycles. The Kier molecular flexibility index (Phi) is 9.79. The Balaban J connectivity index is 0.00000392. The van der Waals surface area contributed by atoms with E-state index in [-0.39, 0.29) is 29.7 Å². The summed E-state index contributed by atoms with van der Waals surface area (Å²) in [7, 11) is 0.932. The predicted octanol–water partition coefficient (Wildman–Crippen LogP) is 3.44. The van der Waals surface area contributed by atoms with Crippen molar-refractivity contribution < 1.29 is 8.42 Å². The van der Waals surface area contributed by atoms with Gasteiger partial charge in [-0.05, 0) is 24.1 Å². The number of rotatable bonds is 7. The molecule has 0 aliphatic heterocycles. The van der Waals surface area contributed by atoms with Crippen molar-refractivity contribution in [2.45, 2.75) is 25.8 Å². The van der Waals surface area contributed by atoms with Crippen LogP contribution in [0.25, 0.3) is 0 Å². The first-order chi connectivity index (χ1) is 12.7. The van der Waals surface area contributed by atoms with Gasteiger partial charge in [0.1, 0.15) is 0 Å². The van der Waals surface area contributed by atoms with E-state index in [1.54, 1.807) is 0 Å². The van der Waals surface area contributed by atoms with Crippen molar-refractivity contribution in [1.82, 2.24) is 14.8 Å². The third-order valence-corrected chi connectivity index (χ3v) is 5.10. The maximum atomic E-state index is 11.4. The van der Waals surface area contributed by atoms with Gasteiger partial charge < -0.3 is 14.8 Å². The van der Waals surface area contributed by atoms with Gasteiger partial charge in [0.25, 0.3) is 0 Å². The van der Waals surface area contributed by atoms with Crippen LogP contribution in [0.15, 0.2) is 41.5 Å². The summed E-state index contributed by atoms with van der Waals surface area (Å²) in [6.45, 7) is 4.00. The molecule has 0 spiro atoms. The van der Waals surface area contributed by atoms with Gasteiger partial charge in [-0.2, -0.15) is 0 Å². The van der Waals surface area contributed by atoms with Crippen molar-refractivity contribution in [3.63, 3.8) is 0 Å². The number of nitrogens with one attached hydrogen (secondary N) is 1. The van der Waals surface area contributed by atoms with Crippen molar-refractivity contribution in [1.29, 1.82) is 0 Å². The molecule has 2 rings (SSSR count). The standard InChI is InChI=1S/C19H27ClN4O2S.HI/c1-5-21-19(24(3)13-18-10-17(20)12-23(18)2)22-11-15-6-8-16(9-7-15)14-27(4,25)26;/h6-10,12H,5,11,13-14H2,1-4H3,(H,21,22);1H. The summed E-state index contributed by atoms with van der Waals surface area (Å²) >= 11 is 6.06. The van der Waals surface area contributed by atoms with E-state index < -0.39 is 9.84 Å². The van der Waals surface area contributed by atoms with E-state index in [9.17, 15) is 8.42 Å². The third kappa shape index (κ3) is 8.00. The summed E-state index contributed by atoms with van der Waals surface area (Å²) in [5, 5.41) is 4.02. The molecular weight excluding hydrogens is 511 g/mol. The Hall–Kier alpha value is -1.26. The fraction of sp³-hybridized carbons (Fsp3) is 0.421. The molecule has 0 fully saturated rings. The van der Waals surface area contributed by atoms with Crippen molar-refractivity contribution in [3.05, 3.63) is 58.4 Å². The summed E-state index contributed by atoms with van der Waals surface area (Å²) < 4.78 is 24.8. The Morgan fingerprint density at radius 3 is 2.36 bits per heavy atom. The minimum absolute atomic E-state index is 0. The molecule has 1 aromatic heterocycles. The minimum atomic E-state index is -3.02. The summed E-state index contributed by atoms with van der Waals surface area (Å²) in [5.41, 5.74) is 2.91. The Morgan fingerprint density at radius 1 is 1.25 bits per heavy atom. The molecule has 156 valence electrons. The first-order valence-corrected chi connectivity index (χ1v) is 11.2. The maximum Gasteiger partial charge on any atom is 0.194 e. The smallest absolute Gasteiger partial charge is 0.194 e. The number of aromatic nitrogens is 1. The molecule has 2 aromatic rings. The van der Waals surface area contributed by atoms with Crippen molar-refractivity contribution in [3.8, 4) is 0 Å². The van der Waals surface area contributed by atoms with Crippen LogP contribution in [0.2, 0.25) is 5.02 Å². The topological polar surface area (TPSA) is 66.7 Å². The van der Waals surface area contributed by atoms with Gasteiger partial charge in [0.15, 0.2) is 15.8 Å². The van der Waals surface area contributed by atoms with E-state index in [0.717, 1.165) is 34.3 Å². The van der Waals surface area contributed by atoms with Gasteiger partial charge in [-0.3, -0.25) is 0 Å². The normalized spacial score (nSPS) is 11.8. The van der Waals surface area contributed by atoms with E-state index in [1.807, 2.05) is 67.0 Å². The van der Waals surface area contributed by atoms with E-state index in [4.69, 9.17) is 16.6 Å². The lowest BCUT2D eigenvalue weighted by Crippen LogP contribution is -2.38. The van der Waals surface area contributed by atoms with Crippen LogP contribution in [-0.2, 0) is 35.7 Å². The van der Waals surface area contributed by atoms with Crippen LogP contribution < -0.4 is 5.32 Å².